The third-order valence-electron chi connectivity index (χ3n) is 3.01. The maximum absolute atomic E-state index is 13.2. The number of phenols is 1. The van der Waals surface area contributed by atoms with Crippen molar-refractivity contribution in [2.24, 2.45) is 5.92 Å². The van der Waals surface area contributed by atoms with Gasteiger partial charge in [0.2, 0.25) is 0 Å². The highest BCUT2D eigenvalue weighted by Gasteiger charge is 2.12. The quantitative estimate of drug-likeness (QED) is 0.851. The van der Waals surface area contributed by atoms with E-state index < -0.39 is 5.82 Å². The fraction of sp³-hybridized carbons (Fsp3) is 0.571. The molecule has 1 unspecified atom stereocenters. The van der Waals surface area contributed by atoms with Crippen LogP contribution >= 0.6 is 0 Å². The number of phenolic OH excluding ortho intramolecular Hbond substituents is 1. The van der Waals surface area contributed by atoms with Gasteiger partial charge in [-0.1, -0.05) is 19.9 Å². The average Bonchev–Trinajstić information content (AvgIpc) is 2.22. The largest absolute Gasteiger partial charge is 0.505 e. The number of benzene rings is 1. The topological polar surface area (TPSA) is 23.5 Å². The first kappa shape index (κ1) is 14.0. The Morgan fingerprint density at radius 3 is 2.47 bits per heavy atom. The van der Waals surface area contributed by atoms with Gasteiger partial charge in [-0.3, -0.25) is 4.90 Å². The van der Waals surface area contributed by atoms with E-state index in [1.165, 1.54) is 12.1 Å². The predicted molar refractivity (Wildman–Crippen MR) is 68.4 cm³/mol. The van der Waals surface area contributed by atoms with Crippen LogP contribution in [0.4, 0.5) is 4.39 Å². The van der Waals surface area contributed by atoms with Gasteiger partial charge in [-0.05, 0) is 44.0 Å². The van der Waals surface area contributed by atoms with Crippen molar-refractivity contribution in [2.45, 2.75) is 39.8 Å². The van der Waals surface area contributed by atoms with Crippen LogP contribution in [0.5, 0.6) is 5.75 Å². The summed E-state index contributed by atoms with van der Waals surface area (Å²) in [5.41, 5.74) is 0.887. The van der Waals surface area contributed by atoms with Crippen LogP contribution in [-0.2, 0) is 6.54 Å². The van der Waals surface area contributed by atoms with E-state index in [2.05, 4.69) is 25.7 Å². The van der Waals surface area contributed by atoms with Crippen molar-refractivity contribution >= 4 is 0 Å². The van der Waals surface area contributed by atoms with Gasteiger partial charge in [0, 0.05) is 12.6 Å². The van der Waals surface area contributed by atoms with Crippen molar-refractivity contribution in [3.05, 3.63) is 29.6 Å². The number of rotatable bonds is 5. The maximum atomic E-state index is 13.2. The Morgan fingerprint density at radius 2 is 1.94 bits per heavy atom. The molecule has 0 bridgehead atoms. The van der Waals surface area contributed by atoms with Gasteiger partial charge < -0.3 is 5.11 Å². The molecule has 0 aromatic heterocycles. The van der Waals surface area contributed by atoms with Crippen LogP contribution in [0.25, 0.3) is 0 Å². The second kappa shape index (κ2) is 6.01. The molecular weight excluding hydrogens is 217 g/mol. The third kappa shape index (κ3) is 4.35. The standard InChI is InChI=1S/C14H22FNO/c1-10(2)7-11(3)16(4)9-12-5-6-14(17)13(15)8-12/h5-6,8,10-11,17H,7,9H2,1-4H3. The van der Waals surface area contributed by atoms with Gasteiger partial charge in [0.25, 0.3) is 0 Å². The SMILES string of the molecule is CC(C)CC(C)N(C)Cc1ccc(O)c(F)c1. The lowest BCUT2D eigenvalue weighted by molar-refractivity contribution is 0.220. The Labute approximate surface area is 103 Å². The van der Waals surface area contributed by atoms with Gasteiger partial charge >= 0.3 is 0 Å². The second-order valence-electron chi connectivity index (χ2n) is 5.18. The molecule has 0 saturated carbocycles. The first-order valence-corrected chi connectivity index (χ1v) is 6.07. The van der Waals surface area contributed by atoms with Crippen LogP contribution in [0, 0.1) is 11.7 Å². The smallest absolute Gasteiger partial charge is 0.165 e. The number of hydrogen-bond acceptors (Lipinski definition) is 2. The minimum Gasteiger partial charge on any atom is -0.505 e. The summed E-state index contributed by atoms with van der Waals surface area (Å²) in [6.45, 7) is 7.27. The van der Waals surface area contributed by atoms with Crippen molar-refractivity contribution in [2.75, 3.05) is 7.05 Å². The predicted octanol–water partition coefficient (Wildman–Crippen LogP) is 3.40. The molecule has 96 valence electrons. The van der Waals surface area contributed by atoms with Crippen LogP contribution in [0.15, 0.2) is 18.2 Å². The molecule has 1 aromatic rings. The van der Waals surface area contributed by atoms with Gasteiger partial charge in [0.1, 0.15) is 0 Å². The van der Waals surface area contributed by atoms with Crippen molar-refractivity contribution in [3.8, 4) is 5.75 Å². The molecular formula is C14H22FNO. The number of hydrogen-bond donors (Lipinski definition) is 1. The minimum atomic E-state index is -0.549. The maximum Gasteiger partial charge on any atom is 0.165 e. The molecule has 3 heteroatoms. The third-order valence-corrected chi connectivity index (χ3v) is 3.01. The molecule has 1 atom stereocenters. The lowest BCUT2D eigenvalue weighted by Gasteiger charge is -2.26. The van der Waals surface area contributed by atoms with Crippen molar-refractivity contribution < 1.29 is 9.50 Å². The van der Waals surface area contributed by atoms with Gasteiger partial charge in [-0.15, -0.1) is 0 Å². The summed E-state index contributed by atoms with van der Waals surface area (Å²) in [7, 11) is 2.04. The Hall–Kier alpha value is -1.09. The highest BCUT2D eigenvalue weighted by Crippen LogP contribution is 2.18. The van der Waals surface area contributed by atoms with E-state index in [1.54, 1.807) is 6.07 Å². The van der Waals surface area contributed by atoms with Gasteiger partial charge in [0.15, 0.2) is 11.6 Å². The Kier molecular flexibility index (Phi) is 4.94. The zero-order valence-electron chi connectivity index (χ0n) is 11.1. The van der Waals surface area contributed by atoms with E-state index in [4.69, 9.17) is 5.11 Å². The zero-order chi connectivity index (χ0) is 13.0. The molecule has 0 aliphatic rings. The Morgan fingerprint density at radius 1 is 1.29 bits per heavy atom. The molecule has 0 spiro atoms. The first-order chi connectivity index (χ1) is 7.90. The van der Waals surface area contributed by atoms with E-state index in [0.29, 0.717) is 18.5 Å². The molecule has 1 N–H and O–H groups in total. The summed E-state index contributed by atoms with van der Waals surface area (Å²) in [6, 6.07) is 5.03. The van der Waals surface area contributed by atoms with Crippen molar-refractivity contribution in [1.82, 2.24) is 4.90 Å². The molecule has 0 saturated heterocycles. The monoisotopic (exact) mass is 239 g/mol. The molecule has 0 fully saturated rings. The van der Waals surface area contributed by atoms with E-state index in [1.807, 2.05) is 7.05 Å². The summed E-state index contributed by atoms with van der Waals surface area (Å²) in [5.74, 6) is -0.178. The summed E-state index contributed by atoms with van der Waals surface area (Å²) in [5, 5.41) is 9.12. The van der Waals surface area contributed by atoms with Crippen LogP contribution in [-0.4, -0.2) is 23.1 Å². The fourth-order valence-corrected chi connectivity index (χ4v) is 1.95. The van der Waals surface area contributed by atoms with Gasteiger partial charge in [0.05, 0.1) is 0 Å². The lowest BCUT2D eigenvalue weighted by Crippen LogP contribution is -2.29. The molecule has 1 aromatic carbocycles. The summed E-state index contributed by atoms with van der Waals surface area (Å²) < 4.78 is 13.2. The van der Waals surface area contributed by atoms with Crippen LogP contribution in [0.3, 0.4) is 0 Å². The zero-order valence-corrected chi connectivity index (χ0v) is 11.1. The normalized spacial score (nSPS) is 13.4. The minimum absolute atomic E-state index is 0.286. The highest BCUT2D eigenvalue weighted by molar-refractivity contribution is 5.27. The molecule has 1 rings (SSSR count). The summed E-state index contributed by atoms with van der Waals surface area (Å²) in [4.78, 5) is 2.20. The number of nitrogens with zero attached hydrogens (tertiary/aromatic N) is 1. The first-order valence-electron chi connectivity index (χ1n) is 6.07. The van der Waals surface area contributed by atoms with Gasteiger partial charge in [-0.2, -0.15) is 0 Å². The van der Waals surface area contributed by atoms with E-state index in [0.717, 1.165) is 12.0 Å². The van der Waals surface area contributed by atoms with Crippen molar-refractivity contribution in [3.63, 3.8) is 0 Å². The Bertz CT molecular complexity index is 365. The average molecular weight is 239 g/mol. The molecule has 2 nitrogen and oxygen atoms in total. The van der Waals surface area contributed by atoms with E-state index >= 15 is 0 Å². The number of halogens is 1. The van der Waals surface area contributed by atoms with E-state index in [9.17, 15) is 4.39 Å². The van der Waals surface area contributed by atoms with Crippen LogP contribution < -0.4 is 0 Å². The summed E-state index contributed by atoms with van der Waals surface area (Å²) >= 11 is 0. The molecule has 0 heterocycles. The van der Waals surface area contributed by atoms with Crippen LogP contribution in [0.2, 0.25) is 0 Å². The molecule has 0 aliphatic carbocycles. The molecule has 17 heavy (non-hydrogen) atoms. The highest BCUT2D eigenvalue weighted by atomic mass is 19.1. The molecule has 0 amide bonds. The number of aromatic hydroxyl groups is 1. The van der Waals surface area contributed by atoms with Gasteiger partial charge in [-0.25, -0.2) is 4.39 Å². The molecule has 0 aliphatic heterocycles. The second-order valence-corrected chi connectivity index (χ2v) is 5.18. The molecule has 0 radical (unpaired) electrons. The lowest BCUT2D eigenvalue weighted by atomic mass is 10.0. The fourth-order valence-electron chi connectivity index (χ4n) is 1.95. The van der Waals surface area contributed by atoms with Crippen molar-refractivity contribution in [1.29, 1.82) is 0 Å². The Balaban J connectivity index is 2.61. The van der Waals surface area contributed by atoms with Crippen LogP contribution in [0.1, 0.15) is 32.8 Å². The van der Waals surface area contributed by atoms with E-state index in [-0.39, 0.29) is 5.75 Å². The summed E-state index contributed by atoms with van der Waals surface area (Å²) in [6.07, 6.45) is 1.12.